The molecule has 0 spiro atoms. The Balaban J connectivity index is 4.26. The Bertz CT molecular complexity index is 1790. The number of ether oxygens (including phenoxy) is 4. The average Bonchev–Trinajstić information content (AvgIpc) is 3.51. The van der Waals surface area contributed by atoms with Crippen LogP contribution in [-0.4, -0.2) is 82.3 Å². The Morgan fingerprint density at radius 2 is 0.679 bits per heavy atom. The van der Waals surface area contributed by atoms with E-state index >= 15 is 0 Å². The minimum Gasteiger partial charge on any atom is -0.545 e. The zero-order valence-electron chi connectivity index (χ0n) is 54.7. The summed E-state index contributed by atoms with van der Waals surface area (Å²) in [5.74, 6) is -2.34. The molecule has 0 bridgehead atoms. The van der Waals surface area contributed by atoms with Crippen LogP contribution in [0.25, 0.3) is 0 Å². The number of aliphatic carboxylic acids is 1. The number of nitrogens with zero attached hydrogens (tertiary/aromatic N) is 1. The first-order chi connectivity index (χ1) is 41.1. The molecule has 0 radical (unpaired) electrons. The second kappa shape index (κ2) is 64.7. The summed E-state index contributed by atoms with van der Waals surface area (Å²) in [6, 6.07) is 0. The minimum absolute atomic E-state index is 0.134. The third-order valence-corrected chi connectivity index (χ3v) is 14.5. The average molecular weight is 1170 g/mol. The maximum absolute atomic E-state index is 12.9. The van der Waals surface area contributed by atoms with Gasteiger partial charge in [-0.3, -0.25) is 9.59 Å². The lowest BCUT2D eigenvalue weighted by molar-refractivity contribution is -0.870. The SMILES string of the molecule is CC/C=C\C/C=C\C/C=C\C/C=C\C/C=C\C/C=C\C/C=C\C/C=C\C/C=C\C/C=C\CCCCC(=O)OC(COC(=O)CCCCCCCCCCCCCCCCCCCCCCCCCCCC)COC(OCC[N+](C)(C)C)C(=O)[O-]. The largest absolute Gasteiger partial charge is 0.545 e. The van der Waals surface area contributed by atoms with E-state index < -0.39 is 24.3 Å². The lowest BCUT2D eigenvalue weighted by Gasteiger charge is -2.26. The number of unbranched alkanes of at least 4 members (excludes halogenated alkanes) is 27. The Labute approximate surface area is 517 Å². The summed E-state index contributed by atoms with van der Waals surface area (Å²) in [5.41, 5.74) is 0. The summed E-state index contributed by atoms with van der Waals surface area (Å²) >= 11 is 0. The topological polar surface area (TPSA) is 111 Å². The molecule has 2 unspecified atom stereocenters. The van der Waals surface area contributed by atoms with E-state index in [0.717, 1.165) is 96.3 Å². The predicted molar refractivity (Wildman–Crippen MR) is 356 cm³/mol. The second-order valence-corrected chi connectivity index (χ2v) is 23.7. The van der Waals surface area contributed by atoms with Crippen LogP contribution in [0, 0.1) is 0 Å². The molecule has 0 aliphatic carbocycles. The van der Waals surface area contributed by atoms with E-state index in [1.807, 2.05) is 21.1 Å². The van der Waals surface area contributed by atoms with E-state index in [2.05, 4.69) is 135 Å². The van der Waals surface area contributed by atoms with Crippen molar-refractivity contribution in [3.63, 3.8) is 0 Å². The summed E-state index contributed by atoms with van der Waals surface area (Å²) in [4.78, 5) is 37.4. The normalized spacial score (nSPS) is 13.5. The van der Waals surface area contributed by atoms with E-state index in [1.54, 1.807) is 0 Å². The standard InChI is InChI=1S/C75H127NO8/c1-6-8-10-12-14-16-18-20-22-24-26-28-30-32-34-35-36-37-38-39-40-42-44-46-48-50-52-54-56-58-60-62-64-66-73(78)84-71(70-83-75(74(79)80)81-68-67-76(3,4)5)69-82-72(77)65-63-61-59-57-55-53-51-49-47-45-43-41-33-31-29-27-25-23-21-19-17-15-13-11-9-7-2/h8,10,14,16,20,22,26,28,32,34,36-37,39-40,44,46,50,52,56,58,71,75H,6-7,9,11-13,15,17-19,21,23-25,27,29-31,33,35,38,41-43,45,47-49,51,53-55,57,59-70H2,1-5H3/b10-8-,16-14-,22-20-,28-26-,34-32-,37-36-,40-39-,46-44-,52-50-,58-56-. The Morgan fingerprint density at radius 1 is 0.369 bits per heavy atom. The van der Waals surface area contributed by atoms with Gasteiger partial charge in [-0.25, -0.2) is 0 Å². The van der Waals surface area contributed by atoms with Crippen LogP contribution < -0.4 is 5.11 Å². The van der Waals surface area contributed by atoms with Gasteiger partial charge in [-0.05, 0) is 89.9 Å². The van der Waals surface area contributed by atoms with Crippen molar-refractivity contribution in [1.29, 1.82) is 0 Å². The molecule has 0 amide bonds. The van der Waals surface area contributed by atoms with Crippen LogP contribution in [0.4, 0.5) is 0 Å². The van der Waals surface area contributed by atoms with Crippen LogP contribution in [0.5, 0.6) is 0 Å². The number of esters is 2. The smallest absolute Gasteiger partial charge is 0.306 e. The molecule has 0 heterocycles. The van der Waals surface area contributed by atoms with Gasteiger partial charge < -0.3 is 33.3 Å². The quantitative estimate of drug-likeness (QED) is 0.0195. The van der Waals surface area contributed by atoms with Gasteiger partial charge in [-0.1, -0.05) is 296 Å². The van der Waals surface area contributed by atoms with Crippen LogP contribution in [0.3, 0.4) is 0 Å². The number of hydrogen-bond acceptors (Lipinski definition) is 8. The number of carbonyl (C=O) groups excluding carboxylic acids is 3. The number of rotatable bonds is 62. The number of hydrogen-bond donors (Lipinski definition) is 0. The molecule has 0 aromatic heterocycles. The molecule has 0 fully saturated rings. The first-order valence-corrected chi connectivity index (χ1v) is 34.2. The minimum atomic E-state index is -1.64. The number of carboxylic acids is 1. The fourth-order valence-corrected chi connectivity index (χ4v) is 9.27. The summed E-state index contributed by atoms with van der Waals surface area (Å²) in [5, 5.41) is 11.8. The highest BCUT2D eigenvalue weighted by atomic mass is 16.7. The zero-order valence-corrected chi connectivity index (χ0v) is 54.7. The van der Waals surface area contributed by atoms with Crippen LogP contribution in [0.15, 0.2) is 122 Å². The van der Waals surface area contributed by atoms with Crippen molar-refractivity contribution in [2.24, 2.45) is 0 Å². The van der Waals surface area contributed by atoms with Crippen LogP contribution in [-0.2, 0) is 33.3 Å². The first kappa shape index (κ1) is 79.7. The van der Waals surface area contributed by atoms with Gasteiger partial charge in [0.1, 0.15) is 13.2 Å². The lowest BCUT2D eigenvalue weighted by atomic mass is 10.0. The van der Waals surface area contributed by atoms with Gasteiger partial charge >= 0.3 is 11.9 Å². The second-order valence-electron chi connectivity index (χ2n) is 23.7. The number of allylic oxidation sites excluding steroid dienone is 20. The van der Waals surface area contributed by atoms with Gasteiger partial charge in [0.25, 0.3) is 0 Å². The van der Waals surface area contributed by atoms with Crippen LogP contribution >= 0.6 is 0 Å². The van der Waals surface area contributed by atoms with Crippen molar-refractivity contribution in [2.75, 3.05) is 47.5 Å². The Kier molecular flexibility index (Phi) is 61.4. The molecule has 0 rings (SSSR count). The number of likely N-dealkylation sites (N-methyl/N-ethyl adjacent to an activating group) is 1. The van der Waals surface area contributed by atoms with E-state index in [1.165, 1.54) is 148 Å². The molecular formula is C75H127NO8. The van der Waals surface area contributed by atoms with Crippen LogP contribution in [0.1, 0.15) is 277 Å². The van der Waals surface area contributed by atoms with E-state index in [0.29, 0.717) is 17.4 Å². The Morgan fingerprint density at radius 3 is 1.01 bits per heavy atom. The molecule has 0 aliphatic heterocycles. The van der Waals surface area contributed by atoms with Gasteiger partial charge in [-0.2, -0.15) is 0 Å². The summed E-state index contributed by atoms with van der Waals surface area (Å²) in [6.45, 7) is 4.60. The van der Waals surface area contributed by atoms with E-state index in [4.69, 9.17) is 18.9 Å². The van der Waals surface area contributed by atoms with Gasteiger partial charge in [0.2, 0.25) is 0 Å². The van der Waals surface area contributed by atoms with Gasteiger partial charge in [0, 0.05) is 12.8 Å². The molecule has 0 aromatic rings. The molecular weight excluding hydrogens is 1040 g/mol. The predicted octanol–water partition coefficient (Wildman–Crippen LogP) is 19.9. The van der Waals surface area contributed by atoms with Crippen molar-refractivity contribution in [1.82, 2.24) is 0 Å². The number of carbonyl (C=O) groups is 3. The Hall–Kier alpha value is -4.31. The molecule has 9 heteroatoms. The number of carboxylic acid groups (broad SMARTS) is 1. The molecule has 0 saturated carbocycles. The highest BCUT2D eigenvalue weighted by molar-refractivity contribution is 5.70. The highest BCUT2D eigenvalue weighted by Gasteiger charge is 2.22. The lowest BCUT2D eigenvalue weighted by Crippen LogP contribution is -2.44. The molecule has 9 nitrogen and oxygen atoms in total. The van der Waals surface area contributed by atoms with Crippen molar-refractivity contribution in [2.45, 2.75) is 289 Å². The summed E-state index contributed by atoms with van der Waals surface area (Å²) in [7, 11) is 5.91. The molecule has 0 N–H and O–H groups in total. The maximum atomic E-state index is 12.9. The molecule has 84 heavy (non-hydrogen) atoms. The molecule has 0 aromatic carbocycles. The van der Waals surface area contributed by atoms with Gasteiger partial charge in [0.05, 0.1) is 40.3 Å². The monoisotopic (exact) mass is 1170 g/mol. The highest BCUT2D eigenvalue weighted by Crippen LogP contribution is 2.17. The number of quaternary nitrogens is 1. The first-order valence-electron chi connectivity index (χ1n) is 34.2. The third kappa shape index (κ3) is 65.2. The molecule has 2 atom stereocenters. The summed E-state index contributed by atoms with van der Waals surface area (Å²) in [6.07, 6.45) is 88.5. The molecule has 0 aliphatic rings. The molecule has 0 saturated heterocycles. The molecule has 480 valence electrons. The van der Waals surface area contributed by atoms with Crippen molar-refractivity contribution in [3.05, 3.63) is 122 Å². The van der Waals surface area contributed by atoms with Crippen molar-refractivity contribution >= 4 is 17.9 Å². The maximum Gasteiger partial charge on any atom is 0.306 e. The third-order valence-electron chi connectivity index (χ3n) is 14.5. The van der Waals surface area contributed by atoms with Gasteiger partial charge in [0.15, 0.2) is 12.4 Å². The summed E-state index contributed by atoms with van der Waals surface area (Å²) < 4.78 is 22.7. The van der Waals surface area contributed by atoms with Crippen LogP contribution in [0.2, 0.25) is 0 Å². The van der Waals surface area contributed by atoms with Crippen molar-refractivity contribution in [3.8, 4) is 0 Å². The van der Waals surface area contributed by atoms with E-state index in [-0.39, 0.29) is 38.6 Å². The zero-order chi connectivity index (χ0) is 61.2. The fourth-order valence-electron chi connectivity index (χ4n) is 9.27. The van der Waals surface area contributed by atoms with Gasteiger partial charge in [-0.15, -0.1) is 0 Å². The van der Waals surface area contributed by atoms with E-state index in [9.17, 15) is 19.5 Å². The van der Waals surface area contributed by atoms with Crippen molar-refractivity contribution < 1.29 is 42.9 Å². The fraction of sp³-hybridized carbons (Fsp3) is 0.693.